The van der Waals surface area contributed by atoms with Crippen LogP contribution in [0.25, 0.3) is 11.0 Å². The monoisotopic (exact) mass is 408 g/mol. The largest absolute Gasteiger partial charge is 0.491 e. The number of benzene rings is 2. The Bertz CT molecular complexity index is 887. The van der Waals surface area contributed by atoms with Gasteiger partial charge in [0.25, 0.3) is 0 Å². The fourth-order valence-corrected chi connectivity index (χ4v) is 4.02. The molecule has 2 heterocycles. The Balaban J connectivity index is 1.22. The van der Waals surface area contributed by atoms with E-state index < -0.39 is 6.10 Å². The van der Waals surface area contributed by atoms with Gasteiger partial charge < -0.3 is 25.0 Å². The Morgan fingerprint density at radius 1 is 1.07 bits per heavy atom. The number of aliphatic hydroxyl groups excluding tert-OH is 1. The molecule has 160 valence electrons. The fourth-order valence-electron chi connectivity index (χ4n) is 4.02. The van der Waals surface area contributed by atoms with Gasteiger partial charge in [-0.05, 0) is 44.1 Å². The molecule has 30 heavy (non-hydrogen) atoms. The molecule has 4 rings (SSSR count). The summed E-state index contributed by atoms with van der Waals surface area (Å²) in [5, 5.41) is 13.8. The average molecular weight is 409 g/mol. The van der Waals surface area contributed by atoms with E-state index in [0.717, 1.165) is 60.8 Å². The van der Waals surface area contributed by atoms with E-state index >= 15 is 0 Å². The number of imidazole rings is 1. The number of piperidine rings is 1. The summed E-state index contributed by atoms with van der Waals surface area (Å²) in [6.07, 6.45) is 4.15. The Morgan fingerprint density at radius 3 is 2.73 bits per heavy atom. The second-order valence-corrected chi connectivity index (χ2v) is 8.06. The summed E-state index contributed by atoms with van der Waals surface area (Å²) in [6.45, 7) is 4.74. The topological polar surface area (TPSA) is 73.4 Å². The van der Waals surface area contributed by atoms with Crippen LogP contribution in [-0.2, 0) is 13.0 Å². The number of para-hydroxylation sites is 3. The van der Waals surface area contributed by atoms with E-state index in [4.69, 9.17) is 4.74 Å². The van der Waals surface area contributed by atoms with Crippen LogP contribution in [0.5, 0.6) is 5.75 Å². The molecule has 0 bridgehead atoms. The van der Waals surface area contributed by atoms with E-state index in [0.29, 0.717) is 13.2 Å². The lowest BCUT2D eigenvalue weighted by molar-refractivity contribution is 0.0614. The van der Waals surface area contributed by atoms with Crippen LogP contribution < -0.4 is 10.1 Å². The summed E-state index contributed by atoms with van der Waals surface area (Å²) in [4.78, 5) is 10.3. The normalized spacial score (nSPS) is 16.0. The van der Waals surface area contributed by atoms with Crippen molar-refractivity contribution in [2.24, 2.45) is 0 Å². The first kappa shape index (κ1) is 20.8. The first-order chi connectivity index (χ1) is 14.8. The maximum absolute atomic E-state index is 10.4. The van der Waals surface area contributed by atoms with Gasteiger partial charge in [-0.25, -0.2) is 4.98 Å². The molecule has 0 radical (unpaired) electrons. The Hall–Kier alpha value is -2.41. The van der Waals surface area contributed by atoms with Crippen LogP contribution in [-0.4, -0.2) is 58.9 Å². The lowest BCUT2D eigenvalue weighted by Crippen LogP contribution is -2.38. The van der Waals surface area contributed by atoms with Crippen LogP contribution in [0.3, 0.4) is 0 Å². The van der Waals surface area contributed by atoms with E-state index in [1.54, 1.807) is 0 Å². The number of ether oxygens (including phenoxy) is 1. The number of nitrogens with zero attached hydrogens (tertiary/aromatic N) is 2. The number of H-pyrrole nitrogens is 1. The predicted molar refractivity (Wildman–Crippen MR) is 120 cm³/mol. The summed E-state index contributed by atoms with van der Waals surface area (Å²) in [7, 11) is 0. The van der Waals surface area contributed by atoms with E-state index in [1.807, 2.05) is 42.5 Å². The van der Waals surface area contributed by atoms with Gasteiger partial charge in [0.05, 0.1) is 11.0 Å². The van der Waals surface area contributed by atoms with Gasteiger partial charge in [0, 0.05) is 31.6 Å². The van der Waals surface area contributed by atoms with Crippen molar-refractivity contribution in [1.29, 1.82) is 0 Å². The van der Waals surface area contributed by atoms with Gasteiger partial charge >= 0.3 is 0 Å². The highest BCUT2D eigenvalue weighted by Gasteiger charge is 2.15. The molecule has 0 spiro atoms. The molecule has 0 amide bonds. The molecule has 0 saturated carbocycles. The van der Waals surface area contributed by atoms with E-state index in [9.17, 15) is 5.11 Å². The van der Waals surface area contributed by atoms with E-state index in [-0.39, 0.29) is 0 Å². The lowest BCUT2D eigenvalue weighted by Gasteiger charge is -2.28. The fraction of sp³-hybridized carbons (Fsp3) is 0.458. The average Bonchev–Trinajstić information content (AvgIpc) is 3.19. The molecule has 1 aliphatic heterocycles. The minimum Gasteiger partial charge on any atom is -0.491 e. The number of hydrogen-bond donors (Lipinski definition) is 3. The zero-order chi connectivity index (χ0) is 20.6. The molecular weight excluding hydrogens is 376 g/mol. The van der Waals surface area contributed by atoms with Crippen LogP contribution in [0.2, 0.25) is 0 Å². The molecule has 1 saturated heterocycles. The molecule has 1 atom stereocenters. The van der Waals surface area contributed by atoms with Crippen molar-refractivity contribution >= 4 is 11.0 Å². The van der Waals surface area contributed by atoms with Crippen molar-refractivity contribution in [2.45, 2.75) is 38.3 Å². The highest BCUT2D eigenvalue weighted by Crippen LogP contribution is 2.18. The zero-order valence-corrected chi connectivity index (χ0v) is 17.5. The first-order valence-corrected chi connectivity index (χ1v) is 11.0. The Kier molecular flexibility index (Phi) is 7.34. The van der Waals surface area contributed by atoms with E-state index in [1.165, 1.54) is 19.3 Å². The summed E-state index contributed by atoms with van der Waals surface area (Å²) >= 11 is 0. The first-order valence-electron chi connectivity index (χ1n) is 11.0. The number of hydrogen-bond acceptors (Lipinski definition) is 5. The van der Waals surface area contributed by atoms with Gasteiger partial charge in [-0.15, -0.1) is 0 Å². The molecule has 3 N–H and O–H groups in total. The summed E-state index contributed by atoms with van der Waals surface area (Å²) in [6, 6.07) is 16.1. The molecule has 6 heteroatoms. The highest BCUT2D eigenvalue weighted by molar-refractivity contribution is 5.74. The quantitative estimate of drug-likeness (QED) is 0.450. The van der Waals surface area contributed by atoms with Gasteiger partial charge in [-0.2, -0.15) is 0 Å². The van der Waals surface area contributed by atoms with Crippen molar-refractivity contribution in [2.75, 3.05) is 32.8 Å². The highest BCUT2D eigenvalue weighted by atomic mass is 16.5. The number of fused-ring (bicyclic) bond motifs is 1. The molecule has 6 nitrogen and oxygen atoms in total. The summed E-state index contributed by atoms with van der Waals surface area (Å²) in [5.74, 6) is 1.83. The van der Waals surface area contributed by atoms with Crippen LogP contribution in [0.1, 0.15) is 30.7 Å². The number of rotatable bonds is 10. The third-order valence-electron chi connectivity index (χ3n) is 5.61. The third kappa shape index (κ3) is 5.81. The van der Waals surface area contributed by atoms with Gasteiger partial charge in [0.1, 0.15) is 24.3 Å². The minimum absolute atomic E-state index is 0.326. The van der Waals surface area contributed by atoms with Crippen LogP contribution in [0.15, 0.2) is 48.5 Å². The van der Waals surface area contributed by atoms with Crippen LogP contribution in [0, 0.1) is 0 Å². The third-order valence-corrected chi connectivity index (χ3v) is 5.61. The van der Waals surface area contributed by atoms with Crippen molar-refractivity contribution in [1.82, 2.24) is 20.2 Å². The molecule has 1 aromatic heterocycles. The second kappa shape index (κ2) is 10.6. The molecule has 0 aliphatic carbocycles. The van der Waals surface area contributed by atoms with Gasteiger partial charge in [0.2, 0.25) is 0 Å². The minimum atomic E-state index is -0.461. The Morgan fingerprint density at radius 2 is 1.87 bits per heavy atom. The van der Waals surface area contributed by atoms with Crippen molar-refractivity contribution in [3.8, 4) is 5.75 Å². The maximum Gasteiger partial charge on any atom is 0.123 e. The molecular formula is C24H32N4O2. The molecule has 1 fully saturated rings. The molecule has 2 aromatic carbocycles. The summed E-state index contributed by atoms with van der Waals surface area (Å²) < 4.78 is 5.96. The number of aliphatic hydroxyl groups is 1. The number of aromatic amines is 1. The van der Waals surface area contributed by atoms with Gasteiger partial charge in [-0.3, -0.25) is 0 Å². The number of nitrogens with one attached hydrogen (secondary N) is 2. The zero-order valence-electron chi connectivity index (χ0n) is 17.5. The number of aromatic nitrogens is 2. The van der Waals surface area contributed by atoms with Crippen LogP contribution in [0.4, 0.5) is 0 Å². The van der Waals surface area contributed by atoms with Crippen molar-refractivity contribution in [3.05, 3.63) is 59.9 Å². The van der Waals surface area contributed by atoms with E-state index in [2.05, 4.69) is 26.3 Å². The van der Waals surface area contributed by atoms with Crippen molar-refractivity contribution in [3.63, 3.8) is 0 Å². The van der Waals surface area contributed by atoms with Crippen molar-refractivity contribution < 1.29 is 9.84 Å². The molecule has 1 unspecified atom stereocenters. The molecule has 1 aliphatic rings. The lowest BCUT2D eigenvalue weighted by atomic mass is 10.1. The standard InChI is InChI=1S/C24H32N4O2/c29-20(17-28-14-6-1-7-15-28)18-30-23-11-5-2-8-19(23)16-25-13-12-24-26-21-9-3-4-10-22(21)27-24/h2-5,8-11,20,25,29H,1,6-7,12-18H2,(H,26,27). The Labute approximate surface area is 178 Å². The predicted octanol–water partition coefficient (Wildman–Crippen LogP) is 3.12. The van der Waals surface area contributed by atoms with Crippen LogP contribution >= 0.6 is 0 Å². The molecule has 3 aromatic rings. The SMILES string of the molecule is OC(COc1ccccc1CNCCc1nc2ccccc2[nH]1)CN1CCCCC1. The van der Waals surface area contributed by atoms with Gasteiger partial charge in [0.15, 0.2) is 0 Å². The number of β-amino-alcohol motifs (C(OH)–C–C–N with tert-alkyl or cyclic N) is 1. The maximum atomic E-state index is 10.4. The smallest absolute Gasteiger partial charge is 0.123 e. The summed E-state index contributed by atoms with van der Waals surface area (Å²) in [5.41, 5.74) is 3.19. The second-order valence-electron chi connectivity index (χ2n) is 8.06. The van der Waals surface area contributed by atoms with Gasteiger partial charge in [-0.1, -0.05) is 36.8 Å². The number of likely N-dealkylation sites (tertiary alicyclic amines) is 1.